The van der Waals surface area contributed by atoms with E-state index in [1.807, 2.05) is 48.5 Å². The van der Waals surface area contributed by atoms with Crippen molar-refractivity contribution in [1.29, 1.82) is 0 Å². The van der Waals surface area contributed by atoms with E-state index in [9.17, 15) is 18.3 Å². The number of hydrogen-bond donors (Lipinski definition) is 1. The highest BCUT2D eigenvalue weighted by molar-refractivity contribution is 5.79. The second-order valence-corrected chi connectivity index (χ2v) is 6.63. The summed E-state index contributed by atoms with van der Waals surface area (Å²) in [4.78, 5) is 4.14. The van der Waals surface area contributed by atoms with Gasteiger partial charge >= 0.3 is 6.18 Å². The second kappa shape index (κ2) is 6.80. The van der Waals surface area contributed by atoms with Crippen LogP contribution in [-0.4, -0.2) is 14.7 Å². The Balaban J connectivity index is 1.81. The standard InChI is InChI=1S/C22H17F3N2O/c1-14(28)18-7-2-3-8-19(18)15-5-4-6-17(11-15)27-13-26-20-12-16(22(23,24)25)9-10-21(20)27/h2-14,28H,1H3. The molecule has 6 heteroatoms. The average Bonchev–Trinajstić information content (AvgIpc) is 3.10. The van der Waals surface area contributed by atoms with E-state index in [4.69, 9.17) is 0 Å². The first-order chi connectivity index (χ1) is 13.3. The molecule has 1 unspecified atom stereocenters. The molecule has 0 spiro atoms. The predicted molar refractivity (Wildman–Crippen MR) is 102 cm³/mol. The van der Waals surface area contributed by atoms with Gasteiger partial charge in [0.2, 0.25) is 0 Å². The first kappa shape index (κ1) is 18.3. The van der Waals surface area contributed by atoms with Gasteiger partial charge in [0.25, 0.3) is 0 Å². The summed E-state index contributed by atoms with van der Waals surface area (Å²) in [5.74, 6) is 0. The van der Waals surface area contributed by atoms with Crippen molar-refractivity contribution < 1.29 is 18.3 Å². The molecule has 0 saturated carbocycles. The number of imidazole rings is 1. The predicted octanol–water partition coefficient (Wildman–Crippen LogP) is 5.76. The van der Waals surface area contributed by atoms with E-state index in [1.165, 1.54) is 12.4 Å². The quantitative estimate of drug-likeness (QED) is 0.489. The Hall–Kier alpha value is -3.12. The molecule has 0 fully saturated rings. The lowest BCUT2D eigenvalue weighted by Crippen LogP contribution is -2.04. The minimum Gasteiger partial charge on any atom is -0.389 e. The van der Waals surface area contributed by atoms with E-state index >= 15 is 0 Å². The Labute approximate surface area is 159 Å². The van der Waals surface area contributed by atoms with Gasteiger partial charge < -0.3 is 5.11 Å². The SMILES string of the molecule is CC(O)c1ccccc1-c1cccc(-n2cnc3cc(C(F)(F)F)ccc32)c1. The van der Waals surface area contributed by atoms with Crippen molar-refractivity contribution in [3.05, 3.63) is 84.2 Å². The highest BCUT2D eigenvalue weighted by atomic mass is 19.4. The van der Waals surface area contributed by atoms with Crippen molar-refractivity contribution in [2.45, 2.75) is 19.2 Å². The van der Waals surface area contributed by atoms with Crippen LogP contribution < -0.4 is 0 Å². The van der Waals surface area contributed by atoms with Crippen LogP contribution in [0.2, 0.25) is 0 Å². The zero-order valence-electron chi connectivity index (χ0n) is 15.0. The minimum atomic E-state index is -4.40. The van der Waals surface area contributed by atoms with Gasteiger partial charge in [0.05, 0.1) is 22.7 Å². The van der Waals surface area contributed by atoms with E-state index in [2.05, 4.69) is 4.98 Å². The molecule has 4 rings (SSSR count). The Morgan fingerprint density at radius 2 is 1.75 bits per heavy atom. The summed E-state index contributed by atoms with van der Waals surface area (Å²) < 4.78 is 40.6. The zero-order valence-corrected chi connectivity index (χ0v) is 15.0. The van der Waals surface area contributed by atoms with Gasteiger partial charge in [0, 0.05) is 5.69 Å². The maximum atomic E-state index is 12.9. The molecule has 0 saturated heterocycles. The second-order valence-electron chi connectivity index (χ2n) is 6.63. The molecule has 1 heterocycles. The minimum absolute atomic E-state index is 0.282. The van der Waals surface area contributed by atoms with Gasteiger partial charge in [-0.1, -0.05) is 36.4 Å². The van der Waals surface area contributed by atoms with Crippen molar-refractivity contribution in [3.8, 4) is 16.8 Å². The number of aliphatic hydroxyl groups is 1. The maximum absolute atomic E-state index is 12.9. The lowest BCUT2D eigenvalue weighted by Gasteiger charge is -2.13. The summed E-state index contributed by atoms with van der Waals surface area (Å²) in [6.45, 7) is 1.71. The molecule has 28 heavy (non-hydrogen) atoms. The Bertz CT molecular complexity index is 1150. The van der Waals surface area contributed by atoms with Gasteiger partial charge in [0.1, 0.15) is 6.33 Å². The molecule has 0 aliphatic rings. The lowest BCUT2D eigenvalue weighted by molar-refractivity contribution is -0.137. The van der Waals surface area contributed by atoms with Gasteiger partial charge in [0.15, 0.2) is 0 Å². The molecule has 0 amide bonds. The fourth-order valence-corrected chi connectivity index (χ4v) is 3.34. The van der Waals surface area contributed by atoms with Crippen molar-refractivity contribution in [3.63, 3.8) is 0 Å². The summed E-state index contributed by atoms with van der Waals surface area (Å²) >= 11 is 0. The molecule has 3 aromatic carbocycles. The van der Waals surface area contributed by atoms with Crippen LogP contribution in [-0.2, 0) is 6.18 Å². The number of alkyl halides is 3. The summed E-state index contributed by atoms with van der Waals surface area (Å²) in [5.41, 5.74) is 3.56. The van der Waals surface area contributed by atoms with Gasteiger partial charge in [-0.3, -0.25) is 4.57 Å². The number of aliphatic hydroxyl groups excluding tert-OH is 1. The van der Waals surface area contributed by atoms with Crippen LogP contribution in [0.3, 0.4) is 0 Å². The summed E-state index contributed by atoms with van der Waals surface area (Å²) in [7, 11) is 0. The van der Waals surface area contributed by atoms with Crippen LogP contribution in [0.25, 0.3) is 27.8 Å². The summed E-state index contributed by atoms with van der Waals surface area (Å²) in [6.07, 6.45) is -3.50. The smallest absolute Gasteiger partial charge is 0.389 e. The van der Waals surface area contributed by atoms with E-state index in [-0.39, 0.29) is 5.52 Å². The highest BCUT2D eigenvalue weighted by Crippen LogP contribution is 2.33. The van der Waals surface area contributed by atoms with Crippen LogP contribution in [0.15, 0.2) is 73.1 Å². The molecule has 142 valence electrons. The molecule has 1 aromatic heterocycles. The molecule has 1 N–H and O–H groups in total. The van der Waals surface area contributed by atoms with Crippen LogP contribution in [0.1, 0.15) is 24.2 Å². The van der Waals surface area contributed by atoms with Crippen LogP contribution in [0.4, 0.5) is 13.2 Å². The van der Waals surface area contributed by atoms with Crippen molar-refractivity contribution in [1.82, 2.24) is 9.55 Å². The van der Waals surface area contributed by atoms with Gasteiger partial charge in [-0.2, -0.15) is 13.2 Å². The molecule has 4 aromatic rings. The Kier molecular flexibility index (Phi) is 4.43. The molecule has 0 bridgehead atoms. The van der Waals surface area contributed by atoms with Crippen molar-refractivity contribution in [2.24, 2.45) is 0 Å². The number of fused-ring (bicyclic) bond motifs is 1. The number of rotatable bonds is 3. The van der Waals surface area contributed by atoms with E-state index in [1.54, 1.807) is 11.5 Å². The molecule has 1 atom stereocenters. The molecule has 0 aliphatic carbocycles. The summed E-state index contributed by atoms with van der Waals surface area (Å²) in [5, 5.41) is 10.0. The van der Waals surface area contributed by atoms with Crippen LogP contribution >= 0.6 is 0 Å². The van der Waals surface area contributed by atoms with Gasteiger partial charge in [-0.15, -0.1) is 0 Å². The third-order valence-corrected chi connectivity index (χ3v) is 4.72. The van der Waals surface area contributed by atoms with Crippen LogP contribution in [0, 0.1) is 0 Å². The van der Waals surface area contributed by atoms with Crippen molar-refractivity contribution >= 4 is 11.0 Å². The largest absolute Gasteiger partial charge is 0.416 e. The number of benzene rings is 3. The third kappa shape index (κ3) is 3.27. The zero-order chi connectivity index (χ0) is 19.9. The Morgan fingerprint density at radius 3 is 2.50 bits per heavy atom. The van der Waals surface area contributed by atoms with E-state index < -0.39 is 17.8 Å². The monoisotopic (exact) mass is 382 g/mol. The number of nitrogens with zero attached hydrogens (tertiary/aromatic N) is 2. The van der Waals surface area contributed by atoms with E-state index in [0.29, 0.717) is 5.52 Å². The normalized spacial score (nSPS) is 13.0. The average molecular weight is 382 g/mol. The van der Waals surface area contributed by atoms with E-state index in [0.717, 1.165) is 34.5 Å². The molecule has 0 aliphatic heterocycles. The number of aromatic nitrogens is 2. The van der Waals surface area contributed by atoms with Crippen LogP contribution in [0.5, 0.6) is 0 Å². The molecule has 3 nitrogen and oxygen atoms in total. The fourth-order valence-electron chi connectivity index (χ4n) is 3.34. The third-order valence-electron chi connectivity index (χ3n) is 4.72. The molecular formula is C22H17F3N2O. The van der Waals surface area contributed by atoms with Gasteiger partial charge in [-0.25, -0.2) is 4.98 Å². The topological polar surface area (TPSA) is 38.0 Å². The first-order valence-corrected chi connectivity index (χ1v) is 8.77. The lowest BCUT2D eigenvalue weighted by atomic mass is 9.96. The molecule has 0 radical (unpaired) electrons. The first-order valence-electron chi connectivity index (χ1n) is 8.77. The fraction of sp³-hybridized carbons (Fsp3) is 0.136. The maximum Gasteiger partial charge on any atom is 0.416 e. The highest BCUT2D eigenvalue weighted by Gasteiger charge is 2.30. The Morgan fingerprint density at radius 1 is 0.964 bits per heavy atom. The molecular weight excluding hydrogens is 365 g/mol. The number of halogens is 3. The van der Waals surface area contributed by atoms with Gasteiger partial charge in [-0.05, 0) is 53.9 Å². The van der Waals surface area contributed by atoms with Crippen molar-refractivity contribution in [2.75, 3.05) is 0 Å². The summed E-state index contributed by atoms with van der Waals surface area (Å²) in [6, 6.07) is 18.7. The number of hydrogen-bond acceptors (Lipinski definition) is 2.